The quantitative estimate of drug-likeness (QED) is 0.381. The summed E-state index contributed by atoms with van der Waals surface area (Å²) in [6, 6.07) is 11.9. The maximum Gasteiger partial charge on any atom is 0.273 e. The molecule has 3 atom stereocenters. The maximum absolute atomic E-state index is 13.4. The SMILES string of the molecule is C[C@@H]1CC[C@H]2C(=O)N(N(Cc3ccc(Cl)cc3)C(=O)c3ccc([N+](=O)[O-])cc3)C(=O)[C@H]2C1. The number of amides is 3. The third-order valence-corrected chi connectivity index (χ3v) is 6.46. The van der Waals surface area contributed by atoms with Gasteiger partial charge in [-0.15, -0.1) is 0 Å². The van der Waals surface area contributed by atoms with Crippen LogP contribution in [0.1, 0.15) is 42.1 Å². The van der Waals surface area contributed by atoms with Crippen molar-refractivity contribution in [2.75, 3.05) is 0 Å². The van der Waals surface area contributed by atoms with Gasteiger partial charge in [0.25, 0.3) is 23.4 Å². The Kier molecular flexibility index (Phi) is 5.97. The highest BCUT2D eigenvalue weighted by Gasteiger charge is 2.52. The molecule has 2 fully saturated rings. The molecule has 1 heterocycles. The Balaban J connectivity index is 1.69. The first-order valence-corrected chi connectivity index (χ1v) is 10.8. The molecular weight excluding hydrogens is 434 g/mol. The second-order valence-electron chi connectivity index (χ2n) is 8.41. The van der Waals surface area contributed by atoms with E-state index in [4.69, 9.17) is 11.6 Å². The molecule has 4 rings (SSSR count). The minimum Gasteiger partial charge on any atom is -0.272 e. The van der Waals surface area contributed by atoms with E-state index < -0.39 is 22.7 Å². The van der Waals surface area contributed by atoms with Crippen molar-refractivity contribution >= 4 is 35.0 Å². The summed E-state index contributed by atoms with van der Waals surface area (Å²) < 4.78 is 0. The van der Waals surface area contributed by atoms with E-state index >= 15 is 0 Å². The minimum absolute atomic E-state index is 0.0144. The van der Waals surface area contributed by atoms with Gasteiger partial charge in [0.1, 0.15) is 0 Å². The van der Waals surface area contributed by atoms with Crippen molar-refractivity contribution in [2.45, 2.75) is 32.7 Å². The standard InChI is InChI=1S/C23H22ClN3O5/c1-14-2-11-19-20(12-14)23(30)26(22(19)29)25(13-15-3-7-17(24)8-4-15)21(28)16-5-9-18(10-6-16)27(31)32/h3-10,14,19-20H,2,11-13H2,1H3/t14-,19-,20+/m1/s1. The summed E-state index contributed by atoms with van der Waals surface area (Å²) >= 11 is 5.96. The van der Waals surface area contributed by atoms with Crippen molar-refractivity contribution in [1.29, 1.82) is 0 Å². The highest BCUT2D eigenvalue weighted by atomic mass is 35.5. The molecule has 1 aliphatic carbocycles. The van der Waals surface area contributed by atoms with Crippen LogP contribution in [-0.2, 0) is 16.1 Å². The molecule has 166 valence electrons. The number of benzene rings is 2. The molecule has 0 unspecified atom stereocenters. The minimum atomic E-state index is -0.580. The number of non-ortho nitro benzene ring substituents is 1. The molecule has 3 amide bonds. The summed E-state index contributed by atoms with van der Waals surface area (Å²) in [6.45, 7) is 2.05. The van der Waals surface area contributed by atoms with Gasteiger partial charge in [0.2, 0.25) is 0 Å². The van der Waals surface area contributed by atoms with Crippen molar-refractivity contribution in [1.82, 2.24) is 10.0 Å². The third-order valence-electron chi connectivity index (χ3n) is 6.21. The molecule has 8 nitrogen and oxygen atoms in total. The molecule has 2 aromatic carbocycles. The Morgan fingerprint density at radius 3 is 2.31 bits per heavy atom. The van der Waals surface area contributed by atoms with Crippen molar-refractivity contribution in [3.63, 3.8) is 0 Å². The number of nitrogens with zero attached hydrogens (tertiary/aromatic N) is 3. The number of rotatable bonds is 5. The fourth-order valence-electron chi connectivity index (χ4n) is 4.48. The third kappa shape index (κ3) is 4.10. The lowest BCUT2D eigenvalue weighted by atomic mass is 9.76. The number of nitro groups is 1. The van der Waals surface area contributed by atoms with Gasteiger partial charge in [-0.25, -0.2) is 5.01 Å². The molecule has 1 saturated heterocycles. The normalized spacial score (nSPS) is 22.6. The summed E-state index contributed by atoms with van der Waals surface area (Å²) in [5, 5.41) is 13.6. The first-order valence-electron chi connectivity index (χ1n) is 10.4. The predicted molar refractivity (Wildman–Crippen MR) is 116 cm³/mol. The van der Waals surface area contributed by atoms with Crippen LogP contribution in [0.3, 0.4) is 0 Å². The first kappa shape index (κ1) is 22.0. The van der Waals surface area contributed by atoms with Gasteiger partial charge >= 0.3 is 0 Å². The van der Waals surface area contributed by atoms with Crippen LogP contribution < -0.4 is 0 Å². The molecular formula is C23H22ClN3O5. The Labute approximate surface area is 189 Å². The fraction of sp³-hybridized carbons (Fsp3) is 0.348. The second kappa shape index (κ2) is 8.70. The lowest BCUT2D eigenvalue weighted by Crippen LogP contribution is -2.49. The van der Waals surface area contributed by atoms with Gasteiger partial charge in [-0.05, 0) is 55.0 Å². The number of halogens is 1. The molecule has 0 aromatic heterocycles. The summed E-state index contributed by atoms with van der Waals surface area (Å²) in [4.78, 5) is 50.3. The van der Waals surface area contributed by atoms with E-state index in [1.807, 2.05) is 0 Å². The largest absolute Gasteiger partial charge is 0.273 e. The van der Waals surface area contributed by atoms with Crippen LogP contribution in [-0.4, -0.2) is 32.7 Å². The lowest BCUT2D eigenvalue weighted by Gasteiger charge is -2.30. The van der Waals surface area contributed by atoms with Crippen molar-refractivity contribution < 1.29 is 19.3 Å². The average Bonchev–Trinajstić information content (AvgIpc) is 3.02. The van der Waals surface area contributed by atoms with Gasteiger partial charge in [0, 0.05) is 22.7 Å². The van der Waals surface area contributed by atoms with Gasteiger partial charge < -0.3 is 0 Å². The van der Waals surface area contributed by atoms with Crippen LogP contribution in [0.15, 0.2) is 48.5 Å². The predicted octanol–water partition coefficient (Wildman–Crippen LogP) is 4.23. The lowest BCUT2D eigenvalue weighted by molar-refractivity contribution is -0.384. The van der Waals surface area contributed by atoms with Gasteiger partial charge in [0.05, 0.1) is 23.3 Å². The highest BCUT2D eigenvalue weighted by Crippen LogP contribution is 2.41. The van der Waals surface area contributed by atoms with Crippen LogP contribution in [0.2, 0.25) is 5.02 Å². The molecule has 1 aliphatic heterocycles. The van der Waals surface area contributed by atoms with E-state index in [0.29, 0.717) is 29.3 Å². The zero-order valence-electron chi connectivity index (χ0n) is 17.4. The first-order chi connectivity index (χ1) is 15.3. The van der Waals surface area contributed by atoms with E-state index in [-0.39, 0.29) is 29.6 Å². The zero-order chi connectivity index (χ0) is 23.0. The molecule has 9 heteroatoms. The maximum atomic E-state index is 13.4. The molecule has 0 radical (unpaired) electrons. The fourth-order valence-corrected chi connectivity index (χ4v) is 4.61. The monoisotopic (exact) mass is 455 g/mol. The summed E-state index contributed by atoms with van der Waals surface area (Å²) in [5.41, 5.74) is 0.682. The van der Waals surface area contributed by atoms with Crippen LogP contribution in [0.4, 0.5) is 5.69 Å². The van der Waals surface area contributed by atoms with Crippen molar-refractivity contribution in [3.8, 4) is 0 Å². The number of hydrogen-bond acceptors (Lipinski definition) is 5. The number of hydrazine groups is 1. The molecule has 2 aliphatic rings. The van der Waals surface area contributed by atoms with E-state index in [2.05, 4.69) is 6.92 Å². The van der Waals surface area contributed by atoms with E-state index in [1.165, 1.54) is 24.3 Å². The molecule has 2 aromatic rings. The van der Waals surface area contributed by atoms with Gasteiger partial charge in [0.15, 0.2) is 0 Å². The number of hydrogen-bond donors (Lipinski definition) is 0. The Morgan fingerprint density at radius 2 is 1.69 bits per heavy atom. The molecule has 0 N–H and O–H groups in total. The topological polar surface area (TPSA) is 101 Å². The van der Waals surface area contributed by atoms with Crippen molar-refractivity contribution in [2.24, 2.45) is 17.8 Å². The van der Waals surface area contributed by atoms with Crippen LogP contribution in [0, 0.1) is 27.9 Å². The number of nitro benzene ring substituents is 1. The zero-order valence-corrected chi connectivity index (χ0v) is 18.2. The van der Waals surface area contributed by atoms with Crippen molar-refractivity contribution in [3.05, 3.63) is 74.8 Å². The summed E-state index contributed by atoms with van der Waals surface area (Å²) in [6.07, 6.45) is 2.10. The summed E-state index contributed by atoms with van der Waals surface area (Å²) in [7, 11) is 0. The molecule has 1 saturated carbocycles. The van der Waals surface area contributed by atoms with E-state index in [9.17, 15) is 24.5 Å². The van der Waals surface area contributed by atoms with E-state index in [0.717, 1.165) is 16.4 Å². The van der Waals surface area contributed by atoms with Gasteiger partial charge in [-0.2, -0.15) is 5.01 Å². The molecule has 0 bridgehead atoms. The van der Waals surface area contributed by atoms with Crippen LogP contribution in [0.5, 0.6) is 0 Å². The van der Waals surface area contributed by atoms with Gasteiger partial charge in [-0.3, -0.25) is 24.5 Å². The molecule has 0 spiro atoms. The van der Waals surface area contributed by atoms with E-state index in [1.54, 1.807) is 24.3 Å². The smallest absolute Gasteiger partial charge is 0.272 e. The van der Waals surface area contributed by atoms with Crippen LogP contribution >= 0.6 is 11.6 Å². The average molecular weight is 456 g/mol. The Bertz CT molecular complexity index is 1070. The Hall–Kier alpha value is -3.26. The number of fused-ring (bicyclic) bond motifs is 1. The number of imide groups is 1. The second-order valence-corrected chi connectivity index (χ2v) is 8.85. The number of carbonyl (C=O) groups is 3. The number of carbonyl (C=O) groups excluding carboxylic acids is 3. The van der Waals surface area contributed by atoms with Crippen LogP contribution in [0.25, 0.3) is 0 Å². The molecule has 32 heavy (non-hydrogen) atoms. The van der Waals surface area contributed by atoms with Gasteiger partial charge in [-0.1, -0.05) is 30.7 Å². The highest BCUT2D eigenvalue weighted by molar-refractivity contribution is 6.30. The Morgan fingerprint density at radius 1 is 1.06 bits per heavy atom. The summed E-state index contributed by atoms with van der Waals surface area (Å²) in [5.74, 6) is -1.82.